The average molecular weight is 300 g/mol. The number of alkyl halides is 3. The smallest absolute Gasteiger partial charge is 0.364 e. The summed E-state index contributed by atoms with van der Waals surface area (Å²) in [6.07, 6.45) is -3.05. The standard InChI is InChI=1S/C8H11F3N4O3S/c9-8(10,11)4-18-3-6-13-14-7(19(12,16)17)15(6)5-1-2-5/h5H,1-4H2,(H2,12,16,17). The number of aromatic nitrogens is 3. The third kappa shape index (κ3) is 3.64. The van der Waals surface area contributed by atoms with Crippen LogP contribution >= 0.6 is 0 Å². The highest BCUT2D eigenvalue weighted by atomic mass is 32.2. The Labute approximate surface area is 106 Å². The highest BCUT2D eigenvalue weighted by Gasteiger charge is 2.34. The summed E-state index contributed by atoms with van der Waals surface area (Å²) >= 11 is 0. The molecule has 0 unspecified atom stereocenters. The van der Waals surface area contributed by atoms with Crippen molar-refractivity contribution in [1.29, 1.82) is 0 Å². The molecular weight excluding hydrogens is 289 g/mol. The van der Waals surface area contributed by atoms with Crippen molar-refractivity contribution in [3.63, 3.8) is 0 Å². The van der Waals surface area contributed by atoms with Crippen LogP contribution in [0.5, 0.6) is 0 Å². The Morgan fingerprint density at radius 3 is 2.47 bits per heavy atom. The van der Waals surface area contributed by atoms with Crippen LogP contribution < -0.4 is 5.14 Å². The molecule has 108 valence electrons. The van der Waals surface area contributed by atoms with Gasteiger partial charge in [0.2, 0.25) is 0 Å². The SMILES string of the molecule is NS(=O)(=O)c1nnc(COCC(F)(F)F)n1C1CC1. The van der Waals surface area contributed by atoms with Gasteiger partial charge in [-0.1, -0.05) is 0 Å². The molecule has 1 fully saturated rings. The summed E-state index contributed by atoms with van der Waals surface area (Å²) in [5.41, 5.74) is 0. The fourth-order valence-corrected chi connectivity index (χ4v) is 2.24. The molecule has 0 atom stereocenters. The average Bonchev–Trinajstić information content (AvgIpc) is 2.96. The summed E-state index contributed by atoms with van der Waals surface area (Å²) in [6.45, 7) is -1.91. The molecular formula is C8H11F3N4O3S. The van der Waals surface area contributed by atoms with Gasteiger partial charge in [0.05, 0.1) is 0 Å². The highest BCUT2D eigenvalue weighted by Crippen LogP contribution is 2.37. The van der Waals surface area contributed by atoms with Gasteiger partial charge in [0.25, 0.3) is 15.2 Å². The zero-order valence-corrected chi connectivity index (χ0v) is 10.4. The molecule has 7 nitrogen and oxygen atoms in total. The van der Waals surface area contributed by atoms with Gasteiger partial charge >= 0.3 is 6.18 Å². The monoisotopic (exact) mass is 300 g/mol. The number of halogens is 3. The molecule has 1 aromatic rings. The van der Waals surface area contributed by atoms with Gasteiger partial charge in [-0.05, 0) is 12.8 Å². The van der Waals surface area contributed by atoms with E-state index in [0.29, 0.717) is 12.8 Å². The first kappa shape index (κ1) is 14.2. The van der Waals surface area contributed by atoms with E-state index in [4.69, 9.17) is 5.14 Å². The second kappa shape index (κ2) is 4.72. The Bertz CT molecular complexity index is 564. The number of primary sulfonamides is 1. The van der Waals surface area contributed by atoms with Crippen molar-refractivity contribution in [2.45, 2.75) is 36.8 Å². The Kier molecular flexibility index (Phi) is 3.53. The summed E-state index contributed by atoms with van der Waals surface area (Å²) in [5, 5.41) is 11.4. The molecule has 0 radical (unpaired) electrons. The lowest BCUT2D eigenvalue weighted by atomic mass is 10.5. The van der Waals surface area contributed by atoms with Crippen LogP contribution in [-0.2, 0) is 21.4 Å². The maximum Gasteiger partial charge on any atom is 0.411 e. The van der Waals surface area contributed by atoms with E-state index in [0.717, 1.165) is 0 Å². The zero-order valence-electron chi connectivity index (χ0n) is 9.59. The molecule has 2 N–H and O–H groups in total. The maximum atomic E-state index is 11.9. The van der Waals surface area contributed by atoms with Crippen LogP contribution in [0.3, 0.4) is 0 Å². The Hall–Kier alpha value is -1.20. The molecule has 0 amide bonds. The number of hydrogen-bond donors (Lipinski definition) is 1. The van der Waals surface area contributed by atoms with E-state index >= 15 is 0 Å². The van der Waals surface area contributed by atoms with Crippen LogP contribution in [0.15, 0.2) is 5.16 Å². The number of hydrogen-bond acceptors (Lipinski definition) is 5. The van der Waals surface area contributed by atoms with Crippen LogP contribution in [0.1, 0.15) is 24.7 Å². The summed E-state index contributed by atoms with van der Waals surface area (Å²) < 4.78 is 64.0. The van der Waals surface area contributed by atoms with Crippen molar-refractivity contribution >= 4 is 10.0 Å². The zero-order chi connectivity index (χ0) is 14.3. The van der Waals surface area contributed by atoms with Crippen LogP contribution in [-0.4, -0.2) is 36.0 Å². The van der Waals surface area contributed by atoms with E-state index in [9.17, 15) is 21.6 Å². The first-order chi connectivity index (χ1) is 8.68. The van der Waals surface area contributed by atoms with Crippen molar-refractivity contribution in [2.75, 3.05) is 6.61 Å². The summed E-state index contributed by atoms with van der Waals surface area (Å²) in [5.74, 6) is 0.0239. The number of nitrogens with two attached hydrogens (primary N) is 1. The Morgan fingerprint density at radius 2 is 2.00 bits per heavy atom. The van der Waals surface area contributed by atoms with E-state index in [2.05, 4.69) is 14.9 Å². The second-order valence-electron chi connectivity index (χ2n) is 4.15. The van der Waals surface area contributed by atoms with Crippen molar-refractivity contribution in [2.24, 2.45) is 5.14 Å². The molecule has 0 bridgehead atoms. The molecule has 1 aliphatic carbocycles. The lowest BCUT2D eigenvalue weighted by Crippen LogP contribution is -2.20. The van der Waals surface area contributed by atoms with E-state index in [1.54, 1.807) is 0 Å². The molecule has 11 heteroatoms. The second-order valence-corrected chi connectivity index (χ2v) is 5.61. The van der Waals surface area contributed by atoms with E-state index in [1.165, 1.54) is 4.57 Å². The topological polar surface area (TPSA) is 100 Å². The molecule has 0 saturated heterocycles. The molecule has 0 aliphatic heterocycles. The maximum absolute atomic E-state index is 11.9. The van der Waals surface area contributed by atoms with Gasteiger partial charge in [-0.25, -0.2) is 13.6 Å². The van der Waals surface area contributed by atoms with Gasteiger partial charge in [-0.3, -0.25) is 4.57 Å². The highest BCUT2D eigenvalue weighted by molar-refractivity contribution is 7.89. The van der Waals surface area contributed by atoms with Crippen LogP contribution in [0.4, 0.5) is 13.2 Å². The van der Waals surface area contributed by atoms with E-state index in [1.807, 2.05) is 0 Å². The largest absolute Gasteiger partial charge is 0.411 e. The molecule has 0 aromatic carbocycles. The third-order valence-corrected chi connectivity index (χ3v) is 3.19. The summed E-state index contributed by atoms with van der Waals surface area (Å²) in [6, 6.07) is -0.146. The Balaban J connectivity index is 2.15. The predicted octanol–water partition coefficient (Wildman–Crippen LogP) is 0.339. The Morgan fingerprint density at radius 1 is 1.37 bits per heavy atom. The van der Waals surface area contributed by atoms with Crippen molar-refractivity contribution < 1.29 is 26.3 Å². The van der Waals surface area contributed by atoms with Crippen molar-refractivity contribution in [3.05, 3.63) is 5.82 Å². The van der Waals surface area contributed by atoms with Crippen molar-refractivity contribution in [1.82, 2.24) is 14.8 Å². The quantitative estimate of drug-likeness (QED) is 0.845. The first-order valence-corrected chi connectivity index (χ1v) is 6.84. The number of rotatable bonds is 5. The normalized spacial score (nSPS) is 16.8. The lowest BCUT2D eigenvalue weighted by Gasteiger charge is -2.09. The van der Waals surface area contributed by atoms with E-state index < -0.39 is 34.6 Å². The molecule has 1 saturated carbocycles. The minimum atomic E-state index is -4.45. The van der Waals surface area contributed by atoms with Gasteiger partial charge < -0.3 is 4.74 Å². The fraction of sp³-hybridized carbons (Fsp3) is 0.750. The minimum absolute atomic E-state index is 0.0239. The molecule has 1 heterocycles. The van der Waals surface area contributed by atoms with Gasteiger partial charge in [0.15, 0.2) is 5.82 Å². The van der Waals surface area contributed by atoms with Crippen molar-refractivity contribution in [3.8, 4) is 0 Å². The molecule has 1 aliphatic rings. The minimum Gasteiger partial charge on any atom is -0.364 e. The molecule has 0 spiro atoms. The predicted molar refractivity (Wildman–Crippen MR) is 55.4 cm³/mol. The van der Waals surface area contributed by atoms with E-state index in [-0.39, 0.29) is 11.9 Å². The number of ether oxygens (including phenoxy) is 1. The van der Waals surface area contributed by atoms with Crippen LogP contribution in [0, 0.1) is 0 Å². The first-order valence-electron chi connectivity index (χ1n) is 5.29. The van der Waals surface area contributed by atoms with Gasteiger partial charge in [0, 0.05) is 6.04 Å². The van der Waals surface area contributed by atoms with Crippen LogP contribution in [0.2, 0.25) is 0 Å². The van der Waals surface area contributed by atoms with Gasteiger partial charge in [-0.2, -0.15) is 13.2 Å². The number of nitrogens with zero attached hydrogens (tertiary/aromatic N) is 3. The van der Waals surface area contributed by atoms with Gasteiger partial charge in [0.1, 0.15) is 13.2 Å². The molecule has 2 rings (SSSR count). The lowest BCUT2D eigenvalue weighted by molar-refractivity contribution is -0.177. The summed E-state index contributed by atoms with van der Waals surface area (Å²) in [4.78, 5) is 0. The number of sulfonamides is 1. The summed E-state index contributed by atoms with van der Waals surface area (Å²) in [7, 11) is -4.06. The molecule has 19 heavy (non-hydrogen) atoms. The molecule has 1 aromatic heterocycles. The van der Waals surface area contributed by atoms with Crippen LogP contribution in [0.25, 0.3) is 0 Å². The third-order valence-electron chi connectivity index (χ3n) is 2.40. The van der Waals surface area contributed by atoms with Gasteiger partial charge in [-0.15, -0.1) is 10.2 Å². The fourth-order valence-electron chi connectivity index (χ4n) is 1.56.